The van der Waals surface area contributed by atoms with Gasteiger partial charge in [0.25, 0.3) is 0 Å². The van der Waals surface area contributed by atoms with Gasteiger partial charge in [-0.3, -0.25) is 0 Å². The molecule has 2 nitrogen and oxygen atoms in total. The molecule has 0 atom stereocenters. The molecule has 0 heterocycles. The Morgan fingerprint density at radius 3 is 1.22 bits per heavy atom. The summed E-state index contributed by atoms with van der Waals surface area (Å²) >= 11 is -3.61. The molecular weight excluding hydrogens is 607 g/mol. The van der Waals surface area contributed by atoms with Crippen molar-refractivity contribution in [3.63, 3.8) is 0 Å². The van der Waals surface area contributed by atoms with Crippen molar-refractivity contribution in [1.82, 2.24) is 0 Å². The quantitative estimate of drug-likeness (QED) is 0.0817. The summed E-state index contributed by atoms with van der Waals surface area (Å²) in [6, 6.07) is 13.4. The Morgan fingerprint density at radius 1 is 0.463 bits per heavy atom. The van der Waals surface area contributed by atoms with Crippen LogP contribution in [0.25, 0.3) is 0 Å². The van der Waals surface area contributed by atoms with Crippen molar-refractivity contribution in [2.75, 3.05) is 0 Å². The molecule has 0 fully saturated rings. The van der Waals surface area contributed by atoms with Crippen LogP contribution in [0.2, 0.25) is 8.87 Å². The number of aryl methyl sites for hydroxylation is 2. The van der Waals surface area contributed by atoms with E-state index in [1.165, 1.54) is 125 Å². The Bertz CT molecular complexity index is 876. The number of rotatable bonds is 24. The summed E-state index contributed by atoms with van der Waals surface area (Å²) in [5.74, 6) is 2.27. The van der Waals surface area contributed by atoms with Gasteiger partial charge in [-0.05, 0) is 0 Å². The van der Waals surface area contributed by atoms with Gasteiger partial charge >= 0.3 is 261 Å². The average Bonchev–Trinajstić information content (AvgIpc) is 2.96. The summed E-state index contributed by atoms with van der Waals surface area (Å²) in [5.41, 5.74) is 5.57. The van der Waals surface area contributed by atoms with Gasteiger partial charge in [-0.1, -0.05) is 0 Å². The van der Waals surface area contributed by atoms with Gasteiger partial charge in [-0.15, -0.1) is 0 Å². The second-order valence-corrected chi connectivity index (χ2v) is 21.7. The van der Waals surface area contributed by atoms with Crippen LogP contribution in [0.15, 0.2) is 36.4 Å². The fraction of sp³-hybridized carbons (Fsp3) is 0.684. The summed E-state index contributed by atoms with van der Waals surface area (Å²) < 4.78 is 17.2. The van der Waals surface area contributed by atoms with Crippen molar-refractivity contribution in [2.45, 2.75) is 166 Å². The molecule has 232 valence electrons. The Balaban J connectivity index is 2.45. The first-order chi connectivity index (χ1) is 20.0. The van der Waals surface area contributed by atoms with Crippen molar-refractivity contribution >= 4 is 19.2 Å². The van der Waals surface area contributed by atoms with E-state index in [-0.39, 0.29) is 0 Å². The monoisotopic (exact) mass is 672 g/mol. The first-order valence-corrected chi connectivity index (χ1v) is 23.9. The van der Waals surface area contributed by atoms with Crippen LogP contribution in [0.4, 0.5) is 0 Å². The van der Waals surface area contributed by atoms with Gasteiger partial charge in [0, 0.05) is 0 Å². The fourth-order valence-corrected chi connectivity index (χ4v) is 15.9. The van der Waals surface area contributed by atoms with E-state index in [9.17, 15) is 0 Å². The predicted molar refractivity (Wildman–Crippen MR) is 183 cm³/mol. The Labute approximate surface area is 260 Å². The molecule has 0 N–H and O–H groups in total. The minimum absolute atomic E-state index is 1.10. The van der Waals surface area contributed by atoms with Crippen LogP contribution in [0, 0.1) is 13.8 Å². The fourth-order valence-electron chi connectivity index (χ4n) is 5.99. The van der Waals surface area contributed by atoms with Gasteiger partial charge in [0.2, 0.25) is 0 Å². The van der Waals surface area contributed by atoms with E-state index in [1.54, 1.807) is 0 Å². The van der Waals surface area contributed by atoms with Gasteiger partial charge < -0.3 is 0 Å². The van der Waals surface area contributed by atoms with Gasteiger partial charge in [-0.25, -0.2) is 0 Å². The van der Waals surface area contributed by atoms with Crippen molar-refractivity contribution < 1.29 is 6.15 Å². The zero-order valence-electron chi connectivity index (χ0n) is 27.9. The van der Waals surface area contributed by atoms with Crippen molar-refractivity contribution in [3.8, 4) is 11.5 Å². The Morgan fingerprint density at radius 2 is 0.829 bits per heavy atom. The first-order valence-electron chi connectivity index (χ1n) is 17.5. The molecule has 2 aromatic carbocycles. The van der Waals surface area contributed by atoms with Crippen LogP contribution in [0.5, 0.6) is 11.5 Å². The van der Waals surface area contributed by atoms with Crippen LogP contribution in [-0.4, -0.2) is 19.2 Å². The topological polar surface area (TPSA) is 18.5 Å². The maximum absolute atomic E-state index is 7.46. The van der Waals surface area contributed by atoms with Gasteiger partial charge in [0.05, 0.1) is 0 Å². The van der Waals surface area contributed by atoms with E-state index in [2.05, 4.69) is 77.9 Å². The standard InChI is InChI=1S/2C11H16O.2C8H17.Sn/c2*1-3-4-7-10-9(2)6-5-8-11(10)12;2*1-3-5-7-8-6-4-2;/h2*5-6,8,12H,3-4,7H2,1-2H3;2*1,3-8H2,2H3;/q;;;;+2/p-2. The minimum atomic E-state index is -3.61. The summed E-state index contributed by atoms with van der Waals surface area (Å²) in [6.07, 6.45) is 22.8. The van der Waals surface area contributed by atoms with E-state index in [0.29, 0.717) is 0 Å². The van der Waals surface area contributed by atoms with Gasteiger partial charge in [0.1, 0.15) is 0 Å². The van der Waals surface area contributed by atoms with Crippen molar-refractivity contribution in [3.05, 3.63) is 58.7 Å². The third-order valence-electron chi connectivity index (χ3n) is 8.71. The summed E-state index contributed by atoms with van der Waals surface area (Å²) in [7, 11) is 0. The molecule has 0 aromatic heterocycles. The molecule has 0 amide bonds. The molecular formula is C38H64O2Sn. The zero-order valence-corrected chi connectivity index (χ0v) is 30.8. The third kappa shape index (κ3) is 13.3. The summed E-state index contributed by atoms with van der Waals surface area (Å²) in [5, 5.41) is 0. The van der Waals surface area contributed by atoms with Gasteiger partial charge in [-0.2, -0.15) is 0 Å². The number of unbranched alkanes of at least 4 members (excludes halogenated alkanes) is 12. The average molecular weight is 672 g/mol. The van der Waals surface area contributed by atoms with Crippen LogP contribution < -0.4 is 6.15 Å². The van der Waals surface area contributed by atoms with Crippen molar-refractivity contribution in [1.29, 1.82) is 0 Å². The van der Waals surface area contributed by atoms with E-state index >= 15 is 0 Å². The Kier molecular flexibility index (Phi) is 18.9. The number of hydrogen-bond donors (Lipinski definition) is 0. The second kappa shape index (κ2) is 21.5. The molecule has 0 spiro atoms. The summed E-state index contributed by atoms with van der Waals surface area (Å²) in [4.78, 5) is 0. The molecule has 3 heteroatoms. The maximum atomic E-state index is 7.46. The van der Waals surface area contributed by atoms with Crippen LogP contribution in [0.1, 0.15) is 153 Å². The molecule has 0 aliphatic heterocycles. The van der Waals surface area contributed by atoms with E-state index < -0.39 is 19.2 Å². The zero-order chi connectivity index (χ0) is 29.8. The third-order valence-corrected chi connectivity index (χ3v) is 18.5. The first kappa shape index (κ1) is 36.0. The van der Waals surface area contributed by atoms with Crippen molar-refractivity contribution in [2.24, 2.45) is 0 Å². The molecule has 41 heavy (non-hydrogen) atoms. The SMILES string of the molecule is CCCCCCC[CH2][Sn]([CH2]CCCCCCC)([O]c1cccc(C)c1CCCC)[O]c1cccc(C)c1CCCC. The molecule has 2 aromatic rings. The molecule has 0 unspecified atom stereocenters. The van der Waals surface area contributed by atoms with E-state index in [4.69, 9.17) is 6.15 Å². The van der Waals surface area contributed by atoms with Crippen LogP contribution in [0.3, 0.4) is 0 Å². The predicted octanol–water partition coefficient (Wildman–Crippen LogP) is 12.6. The van der Waals surface area contributed by atoms with Crippen LogP contribution in [-0.2, 0) is 12.8 Å². The molecule has 0 saturated carbocycles. The molecule has 2 rings (SSSR count). The van der Waals surface area contributed by atoms with Crippen LogP contribution >= 0.6 is 0 Å². The Hall–Kier alpha value is -1.16. The van der Waals surface area contributed by atoms with E-state index in [1.807, 2.05) is 0 Å². The molecule has 0 aliphatic rings. The van der Waals surface area contributed by atoms with E-state index in [0.717, 1.165) is 33.2 Å². The number of benzene rings is 2. The molecule has 0 aliphatic carbocycles. The summed E-state index contributed by atoms with van der Waals surface area (Å²) in [6.45, 7) is 13.7. The second-order valence-electron chi connectivity index (χ2n) is 12.5. The molecule has 0 saturated heterocycles. The molecule has 0 radical (unpaired) electrons. The normalized spacial score (nSPS) is 11.7. The molecule has 0 bridgehead atoms. The van der Waals surface area contributed by atoms with Gasteiger partial charge in [0.15, 0.2) is 0 Å². The number of hydrogen-bond acceptors (Lipinski definition) is 2.